The molecule has 0 aliphatic carbocycles. The lowest BCUT2D eigenvalue weighted by Crippen LogP contribution is -2.00. The van der Waals surface area contributed by atoms with Gasteiger partial charge in [0.2, 0.25) is 12.3 Å². The summed E-state index contributed by atoms with van der Waals surface area (Å²) in [4.78, 5) is 0. The highest BCUT2D eigenvalue weighted by Crippen LogP contribution is 2.24. The monoisotopic (exact) mass is 363 g/mol. The minimum absolute atomic E-state index is 0.502. The molecule has 0 amide bonds. The summed E-state index contributed by atoms with van der Waals surface area (Å²) in [6.07, 6.45) is 1.32. The van der Waals surface area contributed by atoms with Crippen LogP contribution in [0.25, 0.3) is 11.5 Å². The predicted octanol–water partition coefficient (Wildman–Crippen LogP) is 4.76. The van der Waals surface area contributed by atoms with Gasteiger partial charge in [0, 0.05) is 27.3 Å². The minimum atomic E-state index is 0.502. The lowest BCUT2D eigenvalue weighted by molar-refractivity contribution is 0.568. The maximum Gasteiger partial charge on any atom is 0.247 e. The number of aromatic nitrogens is 2. The van der Waals surface area contributed by atoms with E-state index in [9.17, 15) is 0 Å². The molecule has 106 valence electrons. The molecule has 0 aliphatic heterocycles. The molecule has 3 rings (SSSR count). The summed E-state index contributed by atoms with van der Waals surface area (Å²) in [5.74, 6) is 0.502. The van der Waals surface area contributed by atoms with Crippen molar-refractivity contribution in [1.29, 1.82) is 0 Å². The molecule has 3 aromatic rings. The molecule has 2 aromatic carbocycles. The number of hydrogen-bond donors (Lipinski definition) is 1. The normalized spacial score (nSPS) is 10.6. The molecule has 1 N–H and O–H groups in total. The second kappa shape index (κ2) is 6.28. The van der Waals surface area contributed by atoms with E-state index in [1.54, 1.807) is 0 Å². The Hall–Kier alpha value is -1.85. The van der Waals surface area contributed by atoms with Crippen LogP contribution in [-0.4, -0.2) is 10.2 Å². The van der Waals surface area contributed by atoms with E-state index in [1.807, 2.05) is 42.5 Å². The van der Waals surface area contributed by atoms with Gasteiger partial charge in [-0.15, -0.1) is 10.2 Å². The Morgan fingerprint density at radius 1 is 1.19 bits per heavy atom. The van der Waals surface area contributed by atoms with E-state index in [-0.39, 0.29) is 0 Å². The molecule has 0 aliphatic rings. The number of anilines is 1. The third-order valence-electron chi connectivity index (χ3n) is 2.96. The average molecular weight is 365 g/mol. The number of halogens is 2. The predicted molar refractivity (Wildman–Crippen MR) is 86.2 cm³/mol. The number of nitrogens with zero attached hydrogens (tertiary/aromatic N) is 2. The van der Waals surface area contributed by atoms with Crippen molar-refractivity contribution < 1.29 is 4.42 Å². The Morgan fingerprint density at radius 2 is 2.10 bits per heavy atom. The fourth-order valence-electron chi connectivity index (χ4n) is 1.94. The van der Waals surface area contributed by atoms with Crippen LogP contribution < -0.4 is 5.32 Å². The first-order valence-corrected chi connectivity index (χ1v) is 7.44. The topological polar surface area (TPSA) is 51.0 Å². The third-order valence-corrected chi connectivity index (χ3v) is 3.97. The maximum atomic E-state index is 6.02. The van der Waals surface area contributed by atoms with Crippen molar-refractivity contribution in [2.24, 2.45) is 0 Å². The standard InChI is InChI=1S/C15H11BrClN3O/c16-14-5-4-12(17)6-11(14)8-18-13-3-1-2-10(7-13)15-20-19-9-21-15/h1-7,9,18H,8H2. The fourth-order valence-corrected chi connectivity index (χ4v) is 2.52. The quantitative estimate of drug-likeness (QED) is 0.725. The van der Waals surface area contributed by atoms with Gasteiger partial charge in [0.25, 0.3) is 0 Å². The number of hydrogen-bond acceptors (Lipinski definition) is 4. The summed E-state index contributed by atoms with van der Waals surface area (Å²) in [7, 11) is 0. The molecule has 0 radical (unpaired) electrons. The summed E-state index contributed by atoms with van der Waals surface area (Å²) < 4.78 is 6.22. The van der Waals surface area contributed by atoms with E-state index in [4.69, 9.17) is 16.0 Å². The molecule has 21 heavy (non-hydrogen) atoms. The molecule has 1 aromatic heterocycles. The summed E-state index contributed by atoms with van der Waals surface area (Å²) in [5.41, 5.74) is 2.94. The molecule has 0 atom stereocenters. The van der Waals surface area contributed by atoms with Gasteiger partial charge in [0.05, 0.1) is 0 Å². The van der Waals surface area contributed by atoms with Crippen LogP contribution >= 0.6 is 27.5 Å². The average Bonchev–Trinajstić information content (AvgIpc) is 3.03. The SMILES string of the molecule is Clc1ccc(Br)c(CNc2cccc(-c3nnco3)c2)c1. The third kappa shape index (κ3) is 3.43. The van der Waals surface area contributed by atoms with Crippen molar-refractivity contribution in [2.45, 2.75) is 6.54 Å². The van der Waals surface area contributed by atoms with Crippen LogP contribution in [0.4, 0.5) is 5.69 Å². The number of benzene rings is 2. The summed E-state index contributed by atoms with van der Waals surface area (Å²) in [5, 5.41) is 11.7. The molecule has 1 heterocycles. The van der Waals surface area contributed by atoms with E-state index in [2.05, 4.69) is 31.4 Å². The molecule has 0 saturated heterocycles. The van der Waals surface area contributed by atoms with Crippen molar-refractivity contribution in [3.8, 4) is 11.5 Å². The van der Waals surface area contributed by atoms with E-state index >= 15 is 0 Å². The van der Waals surface area contributed by atoms with Crippen LogP contribution in [0.1, 0.15) is 5.56 Å². The zero-order chi connectivity index (χ0) is 14.7. The Bertz CT molecular complexity index is 746. The van der Waals surface area contributed by atoms with Gasteiger partial charge in [-0.3, -0.25) is 0 Å². The smallest absolute Gasteiger partial charge is 0.247 e. The molecular formula is C15H11BrClN3O. The molecule has 0 bridgehead atoms. The van der Waals surface area contributed by atoms with Crippen molar-refractivity contribution in [3.05, 3.63) is 63.9 Å². The Balaban J connectivity index is 1.76. The van der Waals surface area contributed by atoms with Gasteiger partial charge in [0.1, 0.15) is 0 Å². The molecule has 6 heteroatoms. The largest absolute Gasteiger partial charge is 0.423 e. The maximum absolute atomic E-state index is 6.02. The molecule has 0 unspecified atom stereocenters. The van der Waals surface area contributed by atoms with Crippen LogP contribution in [0.5, 0.6) is 0 Å². The van der Waals surface area contributed by atoms with Gasteiger partial charge in [-0.05, 0) is 42.0 Å². The zero-order valence-corrected chi connectivity index (χ0v) is 13.2. The minimum Gasteiger partial charge on any atom is -0.423 e. The first-order valence-electron chi connectivity index (χ1n) is 6.27. The molecule has 0 spiro atoms. The second-order valence-electron chi connectivity index (χ2n) is 4.41. The Kier molecular flexibility index (Phi) is 4.22. The lowest BCUT2D eigenvalue weighted by atomic mass is 10.2. The van der Waals surface area contributed by atoms with Crippen LogP contribution in [0, 0.1) is 0 Å². The summed E-state index contributed by atoms with van der Waals surface area (Å²) in [6, 6.07) is 13.5. The van der Waals surface area contributed by atoms with E-state index in [0.29, 0.717) is 12.4 Å². The number of nitrogens with one attached hydrogen (secondary N) is 1. The van der Waals surface area contributed by atoms with Crippen molar-refractivity contribution in [3.63, 3.8) is 0 Å². The van der Waals surface area contributed by atoms with Gasteiger partial charge in [-0.2, -0.15) is 0 Å². The van der Waals surface area contributed by atoms with Crippen LogP contribution in [0.3, 0.4) is 0 Å². The van der Waals surface area contributed by atoms with Gasteiger partial charge in [-0.1, -0.05) is 33.6 Å². The second-order valence-corrected chi connectivity index (χ2v) is 5.70. The van der Waals surface area contributed by atoms with Crippen LogP contribution in [0.2, 0.25) is 5.02 Å². The fraction of sp³-hybridized carbons (Fsp3) is 0.0667. The van der Waals surface area contributed by atoms with E-state index < -0.39 is 0 Å². The van der Waals surface area contributed by atoms with Crippen molar-refractivity contribution in [1.82, 2.24) is 10.2 Å². The van der Waals surface area contributed by atoms with Crippen LogP contribution in [-0.2, 0) is 6.54 Å². The van der Waals surface area contributed by atoms with Gasteiger partial charge in [0.15, 0.2) is 0 Å². The summed E-state index contributed by atoms with van der Waals surface area (Å²) in [6.45, 7) is 0.661. The van der Waals surface area contributed by atoms with Crippen molar-refractivity contribution >= 4 is 33.2 Å². The highest BCUT2D eigenvalue weighted by molar-refractivity contribution is 9.10. The van der Waals surface area contributed by atoms with E-state index in [0.717, 1.165) is 26.3 Å². The van der Waals surface area contributed by atoms with Crippen LogP contribution in [0.15, 0.2) is 57.7 Å². The Labute approximate surface area is 135 Å². The molecule has 0 saturated carbocycles. The highest BCUT2D eigenvalue weighted by Gasteiger charge is 2.05. The molecule has 0 fully saturated rings. The first-order chi connectivity index (χ1) is 10.2. The first kappa shape index (κ1) is 14.1. The summed E-state index contributed by atoms with van der Waals surface area (Å²) >= 11 is 9.53. The van der Waals surface area contributed by atoms with Gasteiger partial charge >= 0.3 is 0 Å². The number of rotatable bonds is 4. The zero-order valence-electron chi connectivity index (χ0n) is 10.9. The van der Waals surface area contributed by atoms with Gasteiger partial charge in [-0.25, -0.2) is 0 Å². The highest BCUT2D eigenvalue weighted by atomic mass is 79.9. The Morgan fingerprint density at radius 3 is 2.90 bits per heavy atom. The lowest BCUT2D eigenvalue weighted by Gasteiger charge is -2.09. The van der Waals surface area contributed by atoms with Gasteiger partial charge < -0.3 is 9.73 Å². The molecule has 4 nitrogen and oxygen atoms in total. The molecular weight excluding hydrogens is 354 g/mol. The van der Waals surface area contributed by atoms with E-state index in [1.165, 1.54) is 6.39 Å². The van der Waals surface area contributed by atoms with Crippen molar-refractivity contribution in [2.75, 3.05) is 5.32 Å².